The Morgan fingerprint density at radius 2 is 2.09 bits per heavy atom. The van der Waals surface area contributed by atoms with Gasteiger partial charge in [-0.25, -0.2) is 22.2 Å². The SMILES string of the molecule is O=C(Nc1ccc(F)c(F)c1)c1cnn2c1NCC=C2C(F)F. The number of hydrogen-bond donors (Lipinski definition) is 2. The number of hydrogen-bond acceptors (Lipinski definition) is 3. The molecule has 0 aliphatic carbocycles. The van der Waals surface area contributed by atoms with E-state index in [1.807, 2.05) is 0 Å². The van der Waals surface area contributed by atoms with E-state index in [1.54, 1.807) is 0 Å². The zero-order valence-electron chi connectivity index (χ0n) is 11.5. The standard InChI is InChI=1S/C14H10F4N4O/c15-9-2-1-7(5-10(9)16)21-14(23)8-6-20-22-11(12(17)18)3-4-19-13(8)22/h1-3,5-6,12,19H,4H2,(H,21,23). The number of allylic oxidation sites excluding steroid dienone is 1. The molecule has 120 valence electrons. The fourth-order valence-corrected chi connectivity index (χ4v) is 2.17. The number of fused-ring (bicyclic) bond motifs is 1. The molecule has 0 fully saturated rings. The first-order chi connectivity index (χ1) is 11.0. The third kappa shape index (κ3) is 2.77. The molecule has 2 heterocycles. The van der Waals surface area contributed by atoms with Crippen molar-refractivity contribution in [2.45, 2.75) is 6.43 Å². The van der Waals surface area contributed by atoms with Gasteiger partial charge in [-0.1, -0.05) is 0 Å². The Labute approximate surface area is 127 Å². The first-order valence-corrected chi connectivity index (χ1v) is 6.54. The van der Waals surface area contributed by atoms with Gasteiger partial charge in [0.2, 0.25) is 0 Å². The van der Waals surface area contributed by atoms with Crippen LogP contribution in [0, 0.1) is 11.6 Å². The van der Waals surface area contributed by atoms with E-state index in [9.17, 15) is 22.4 Å². The maximum atomic E-state index is 13.1. The fraction of sp³-hybridized carbons (Fsp3) is 0.143. The highest BCUT2D eigenvalue weighted by Crippen LogP contribution is 2.27. The Bertz CT molecular complexity index is 800. The minimum absolute atomic E-state index is 0.0148. The van der Waals surface area contributed by atoms with Crippen molar-refractivity contribution in [3.05, 3.63) is 47.7 Å². The zero-order valence-corrected chi connectivity index (χ0v) is 11.5. The van der Waals surface area contributed by atoms with Gasteiger partial charge in [-0.05, 0) is 18.2 Å². The van der Waals surface area contributed by atoms with E-state index in [0.717, 1.165) is 23.0 Å². The van der Waals surface area contributed by atoms with Crippen LogP contribution in [0.3, 0.4) is 0 Å². The van der Waals surface area contributed by atoms with Crippen molar-refractivity contribution in [1.29, 1.82) is 0 Å². The summed E-state index contributed by atoms with van der Waals surface area (Å²) in [7, 11) is 0. The van der Waals surface area contributed by atoms with Crippen LogP contribution in [-0.2, 0) is 0 Å². The topological polar surface area (TPSA) is 59.0 Å². The van der Waals surface area contributed by atoms with Gasteiger partial charge >= 0.3 is 0 Å². The Morgan fingerprint density at radius 1 is 1.30 bits per heavy atom. The summed E-state index contributed by atoms with van der Waals surface area (Å²) >= 11 is 0. The van der Waals surface area contributed by atoms with E-state index in [4.69, 9.17) is 0 Å². The van der Waals surface area contributed by atoms with Gasteiger partial charge in [-0.3, -0.25) is 4.79 Å². The van der Waals surface area contributed by atoms with Crippen LogP contribution in [0.25, 0.3) is 5.70 Å². The molecule has 2 aromatic rings. The van der Waals surface area contributed by atoms with Gasteiger partial charge in [0.25, 0.3) is 12.3 Å². The van der Waals surface area contributed by atoms with Crippen LogP contribution in [0.15, 0.2) is 30.5 Å². The summed E-state index contributed by atoms with van der Waals surface area (Å²) in [6, 6.07) is 2.87. The van der Waals surface area contributed by atoms with Gasteiger partial charge in [0.1, 0.15) is 17.1 Å². The lowest BCUT2D eigenvalue weighted by atomic mass is 10.2. The quantitative estimate of drug-likeness (QED) is 0.853. The van der Waals surface area contributed by atoms with Crippen LogP contribution < -0.4 is 10.6 Å². The lowest BCUT2D eigenvalue weighted by Crippen LogP contribution is -2.21. The Kier molecular flexibility index (Phi) is 3.77. The van der Waals surface area contributed by atoms with E-state index in [0.29, 0.717) is 0 Å². The number of amides is 1. The molecule has 0 spiro atoms. The molecule has 5 nitrogen and oxygen atoms in total. The minimum Gasteiger partial charge on any atom is -0.366 e. The number of rotatable bonds is 3. The maximum absolute atomic E-state index is 13.1. The van der Waals surface area contributed by atoms with Gasteiger partial charge in [-0.15, -0.1) is 0 Å². The summed E-state index contributed by atoms with van der Waals surface area (Å²) < 4.78 is 52.8. The van der Waals surface area contributed by atoms with Crippen LogP contribution in [-0.4, -0.2) is 28.7 Å². The van der Waals surface area contributed by atoms with Crippen molar-refractivity contribution in [2.75, 3.05) is 17.2 Å². The average molecular weight is 326 g/mol. The van der Waals surface area contributed by atoms with Crippen LogP contribution in [0.2, 0.25) is 0 Å². The van der Waals surface area contributed by atoms with E-state index < -0.39 is 24.0 Å². The molecule has 1 aliphatic heterocycles. The molecule has 0 bridgehead atoms. The predicted molar refractivity (Wildman–Crippen MR) is 75.3 cm³/mol. The molecule has 23 heavy (non-hydrogen) atoms. The zero-order chi connectivity index (χ0) is 16.6. The number of anilines is 2. The summed E-state index contributed by atoms with van der Waals surface area (Å²) in [4.78, 5) is 12.2. The highest BCUT2D eigenvalue weighted by Gasteiger charge is 2.25. The Balaban J connectivity index is 1.87. The van der Waals surface area contributed by atoms with Crippen LogP contribution in [0.5, 0.6) is 0 Å². The van der Waals surface area contributed by atoms with Crippen molar-refractivity contribution in [2.24, 2.45) is 0 Å². The maximum Gasteiger partial charge on any atom is 0.280 e. The molecule has 2 N–H and O–H groups in total. The van der Waals surface area contributed by atoms with Crippen molar-refractivity contribution < 1.29 is 22.4 Å². The summed E-state index contributed by atoms with van der Waals surface area (Å²) in [6.45, 7) is 0.122. The minimum atomic E-state index is -2.74. The van der Waals surface area contributed by atoms with Crippen molar-refractivity contribution in [1.82, 2.24) is 9.78 Å². The molecular weight excluding hydrogens is 316 g/mol. The molecule has 1 aromatic heterocycles. The number of halogens is 4. The molecule has 9 heteroatoms. The second-order valence-electron chi connectivity index (χ2n) is 4.71. The average Bonchev–Trinajstić information content (AvgIpc) is 2.94. The van der Waals surface area contributed by atoms with E-state index in [1.165, 1.54) is 12.1 Å². The third-order valence-corrected chi connectivity index (χ3v) is 3.24. The molecule has 0 saturated heterocycles. The van der Waals surface area contributed by atoms with Crippen molar-refractivity contribution >= 4 is 23.1 Å². The fourth-order valence-electron chi connectivity index (χ4n) is 2.17. The molecule has 1 aliphatic rings. The Hall–Kier alpha value is -2.84. The monoisotopic (exact) mass is 326 g/mol. The summed E-state index contributed by atoms with van der Waals surface area (Å²) in [5.74, 6) is -2.72. The summed E-state index contributed by atoms with van der Waals surface area (Å²) in [6.07, 6.45) is -0.348. The number of carbonyl (C=O) groups excluding carboxylic acids is 1. The van der Waals surface area contributed by atoms with E-state index in [-0.39, 0.29) is 29.3 Å². The molecule has 0 atom stereocenters. The van der Waals surface area contributed by atoms with E-state index >= 15 is 0 Å². The highest BCUT2D eigenvalue weighted by molar-refractivity contribution is 6.07. The third-order valence-electron chi connectivity index (χ3n) is 3.24. The molecule has 0 radical (unpaired) electrons. The van der Waals surface area contributed by atoms with Gasteiger partial charge < -0.3 is 10.6 Å². The lowest BCUT2D eigenvalue weighted by molar-refractivity contribution is 0.102. The normalized spacial score (nSPS) is 13.3. The van der Waals surface area contributed by atoms with Gasteiger partial charge in [0.15, 0.2) is 11.6 Å². The summed E-state index contributed by atoms with van der Waals surface area (Å²) in [5.41, 5.74) is -0.277. The lowest BCUT2D eigenvalue weighted by Gasteiger charge is -2.18. The number of nitrogens with zero attached hydrogens (tertiary/aromatic N) is 2. The van der Waals surface area contributed by atoms with Crippen LogP contribution in [0.1, 0.15) is 10.4 Å². The molecule has 1 amide bonds. The molecule has 0 saturated carbocycles. The number of alkyl halides is 2. The number of nitrogens with one attached hydrogen (secondary N) is 2. The first kappa shape index (κ1) is 15.1. The molecule has 0 unspecified atom stereocenters. The number of carbonyl (C=O) groups is 1. The smallest absolute Gasteiger partial charge is 0.280 e. The second kappa shape index (κ2) is 5.75. The molecule has 1 aromatic carbocycles. The Morgan fingerprint density at radius 3 is 2.78 bits per heavy atom. The summed E-state index contributed by atoms with van der Waals surface area (Å²) in [5, 5.41) is 8.90. The molecule has 3 rings (SSSR count). The highest BCUT2D eigenvalue weighted by atomic mass is 19.3. The first-order valence-electron chi connectivity index (χ1n) is 6.54. The van der Waals surface area contributed by atoms with Gasteiger partial charge in [0, 0.05) is 18.3 Å². The molecular formula is C14H10F4N4O. The number of aromatic nitrogens is 2. The second-order valence-corrected chi connectivity index (χ2v) is 4.71. The van der Waals surface area contributed by atoms with Gasteiger partial charge in [0.05, 0.1) is 6.20 Å². The van der Waals surface area contributed by atoms with Crippen molar-refractivity contribution in [3.8, 4) is 0 Å². The largest absolute Gasteiger partial charge is 0.366 e. The van der Waals surface area contributed by atoms with E-state index in [2.05, 4.69) is 15.7 Å². The number of benzene rings is 1. The van der Waals surface area contributed by atoms with Gasteiger partial charge in [-0.2, -0.15) is 5.10 Å². The van der Waals surface area contributed by atoms with Crippen molar-refractivity contribution in [3.63, 3.8) is 0 Å². The van der Waals surface area contributed by atoms with Crippen LogP contribution in [0.4, 0.5) is 29.1 Å². The van der Waals surface area contributed by atoms with Crippen LogP contribution >= 0.6 is 0 Å². The predicted octanol–water partition coefficient (Wildman–Crippen LogP) is 2.95.